The van der Waals surface area contributed by atoms with E-state index in [-0.39, 0.29) is 0 Å². The normalized spacial score (nSPS) is 11.5. The van der Waals surface area contributed by atoms with Crippen molar-refractivity contribution in [1.29, 1.82) is 0 Å². The maximum atomic E-state index is 4.75. The van der Waals surface area contributed by atoms with E-state index in [0.29, 0.717) is 5.92 Å². The second kappa shape index (κ2) is 9.54. The van der Waals surface area contributed by atoms with Crippen molar-refractivity contribution in [3.63, 3.8) is 0 Å². The van der Waals surface area contributed by atoms with Crippen LogP contribution in [0.1, 0.15) is 42.0 Å². The maximum Gasteiger partial charge on any atom is 0.0714 e. The van der Waals surface area contributed by atoms with Gasteiger partial charge in [0, 0.05) is 23.3 Å². The van der Waals surface area contributed by atoms with Gasteiger partial charge in [0.2, 0.25) is 0 Å². The fourth-order valence-electron chi connectivity index (χ4n) is 5.69. The molecular weight excluding hydrogens is 460 g/mol. The minimum absolute atomic E-state index is 0.462. The summed E-state index contributed by atoms with van der Waals surface area (Å²) in [5.74, 6) is 0.462. The average molecular weight is 493 g/mol. The molecule has 0 bridgehead atoms. The first-order chi connectivity index (χ1) is 18.4. The lowest BCUT2D eigenvalue weighted by Gasteiger charge is -2.19. The zero-order valence-corrected chi connectivity index (χ0v) is 22.7. The predicted octanol–water partition coefficient (Wildman–Crippen LogP) is 9.83. The summed E-state index contributed by atoms with van der Waals surface area (Å²) in [6.07, 6.45) is 3.78. The minimum Gasteiger partial charge on any atom is -0.256 e. The molecule has 6 rings (SSSR count). The van der Waals surface area contributed by atoms with E-state index in [2.05, 4.69) is 112 Å². The first-order valence-corrected chi connectivity index (χ1v) is 13.4. The van der Waals surface area contributed by atoms with Crippen LogP contribution in [0.15, 0.2) is 97.3 Å². The Bertz CT molecular complexity index is 1830. The summed E-state index contributed by atoms with van der Waals surface area (Å²) in [4.78, 5) is 9.38. The van der Waals surface area contributed by atoms with Crippen LogP contribution in [0, 0.1) is 20.8 Å². The van der Waals surface area contributed by atoms with Crippen molar-refractivity contribution in [3.05, 3.63) is 120 Å². The third-order valence-electron chi connectivity index (χ3n) is 7.74. The lowest BCUT2D eigenvalue weighted by atomic mass is 9.86. The number of aryl methyl sites for hydroxylation is 2. The van der Waals surface area contributed by atoms with E-state index in [0.717, 1.165) is 16.8 Å². The molecular formula is C36H32N2. The van der Waals surface area contributed by atoms with E-state index in [1.807, 2.05) is 24.5 Å². The minimum atomic E-state index is 0.462. The molecule has 0 spiro atoms. The van der Waals surface area contributed by atoms with E-state index in [9.17, 15) is 0 Å². The molecule has 2 aromatic heterocycles. The third-order valence-corrected chi connectivity index (χ3v) is 7.74. The van der Waals surface area contributed by atoms with Gasteiger partial charge >= 0.3 is 0 Å². The topological polar surface area (TPSA) is 25.8 Å². The highest BCUT2D eigenvalue weighted by molar-refractivity contribution is 6.13. The lowest BCUT2D eigenvalue weighted by molar-refractivity contribution is 0.869. The molecule has 186 valence electrons. The summed E-state index contributed by atoms with van der Waals surface area (Å²) in [5.41, 5.74) is 13.3. The van der Waals surface area contributed by atoms with Gasteiger partial charge in [-0.3, -0.25) is 9.97 Å². The van der Waals surface area contributed by atoms with Crippen LogP contribution in [0.5, 0.6) is 0 Å². The number of fused-ring (bicyclic) bond motifs is 3. The number of benzene rings is 4. The Morgan fingerprint density at radius 3 is 2.26 bits per heavy atom. The van der Waals surface area contributed by atoms with E-state index < -0.39 is 0 Å². The van der Waals surface area contributed by atoms with Gasteiger partial charge in [-0.2, -0.15) is 0 Å². The van der Waals surface area contributed by atoms with Gasteiger partial charge in [-0.1, -0.05) is 68.4 Å². The van der Waals surface area contributed by atoms with E-state index >= 15 is 0 Å². The van der Waals surface area contributed by atoms with Gasteiger partial charge < -0.3 is 0 Å². The van der Waals surface area contributed by atoms with Gasteiger partial charge in [0.15, 0.2) is 0 Å². The fourth-order valence-corrected chi connectivity index (χ4v) is 5.69. The average Bonchev–Trinajstić information content (AvgIpc) is 2.93. The lowest BCUT2D eigenvalue weighted by Crippen LogP contribution is -1.95. The molecule has 0 N–H and O–H groups in total. The second-order valence-electron chi connectivity index (χ2n) is 10.7. The number of rotatable bonds is 4. The molecule has 0 fully saturated rings. The molecule has 0 aliphatic rings. The van der Waals surface area contributed by atoms with E-state index in [1.54, 1.807) is 0 Å². The van der Waals surface area contributed by atoms with Gasteiger partial charge in [0.25, 0.3) is 0 Å². The van der Waals surface area contributed by atoms with E-state index in [1.165, 1.54) is 60.7 Å². The van der Waals surface area contributed by atoms with Crippen LogP contribution in [-0.2, 0) is 0 Å². The molecule has 0 amide bonds. The van der Waals surface area contributed by atoms with Crippen LogP contribution in [0.4, 0.5) is 0 Å². The van der Waals surface area contributed by atoms with Crippen molar-refractivity contribution in [2.45, 2.75) is 40.5 Å². The Morgan fingerprint density at radius 1 is 0.605 bits per heavy atom. The summed E-state index contributed by atoms with van der Waals surface area (Å²) in [7, 11) is 0. The smallest absolute Gasteiger partial charge is 0.0714 e. The molecule has 0 aliphatic carbocycles. The van der Waals surface area contributed by atoms with E-state index in [4.69, 9.17) is 4.98 Å². The predicted molar refractivity (Wildman–Crippen MR) is 162 cm³/mol. The number of aromatic nitrogens is 2. The van der Waals surface area contributed by atoms with Crippen LogP contribution in [0.25, 0.3) is 55.2 Å². The Labute approximate surface area is 225 Å². The van der Waals surface area contributed by atoms with Crippen molar-refractivity contribution in [1.82, 2.24) is 9.97 Å². The molecule has 6 aromatic rings. The zero-order chi connectivity index (χ0) is 26.4. The SMILES string of the molecule is Cc1ccnc(-c2cccc(-c3c(C)ccc(-c4cc5ncccc5c5ccc(C(C)C)cc45)c3C)c2)c1. The molecule has 2 heteroatoms. The highest BCUT2D eigenvalue weighted by Crippen LogP contribution is 2.41. The van der Waals surface area contributed by atoms with Crippen LogP contribution in [0.3, 0.4) is 0 Å². The maximum absolute atomic E-state index is 4.75. The van der Waals surface area contributed by atoms with Gasteiger partial charge in [-0.05, 0) is 112 Å². The summed E-state index contributed by atoms with van der Waals surface area (Å²) in [6.45, 7) is 11.1. The number of nitrogens with zero attached hydrogens (tertiary/aromatic N) is 2. The highest BCUT2D eigenvalue weighted by Gasteiger charge is 2.17. The largest absolute Gasteiger partial charge is 0.256 e. The fraction of sp³-hybridized carbons (Fsp3) is 0.167. The molecule has 4 aromatic carbocycles. The Balaban J connectivity index is 1.59. The number of hydrogen-bond donors (Lipinski definition) is 0. The van der Waals surface area contributed by atoms with Crippen molar-refractivity contribution >= 4 is 21.7 Å². The molecule has 0 saturated carbocycles. The number of hydrogen-bond acceptors (Lipinski definition) is 2. The first kappa shape index (κ1) is 24.1. The van der Waals surface area contributed by atoms with Crippen molar-refractivity contribution in [2.75, 3.05) is 0 Å². The summed E-state index contributed by atoms with van der Waals surface area (Å²) >= 11 is 0. The molecule has 0 atom stereocenters. The summed E-state index contributed by atoms with van der Waals surface area (Å²) < 4.78 is 0. The Kier molecular flexibility index (Phi) is 6.04. The standard InChI is InChI=1S/C36H32N2/c1-22(2)26-12-14-30-31-10-7-16-37-35(31)21-33(32(30)20-26)29-13-11-24(4)36(25(29)5)28-9-6-8-27(19-28)34-18-23(3)15-17-38-34/h6-22H,1-5H3. The molecule has 0 saturated heterocycles. The van der Waals surface area contributed by atoms with Crippen LogP contribution in [-0.4, -0.2) is 9.97 Å². The highest BCUT2D eigenvalue weighted by atomic mass is 14.7. The second-order valence-corrected chi connectivity index (χ2v) is 10.7. The van der Waals surface area contributed by atoms with Crippen LogP contribution < -0.4 is 0 Å². The van der Waals surface area contributed by atoms with Gasteiger partial charge in [0.1, 0.15) is 0 Å². The Hall–Kier alpha value is -4.30. The van der Waals surface area contributed by atoms with Crippen molar-refractivity contribution < 1.29 is 0 Å². The first-order valence-electron chi connectivity index (χ1n) is 13.4. The molecule has 0 aliphatic heterocycles. The Morgan fingerprint density at radius 2 is 1.45 bits per heavy atom. The van der Waals surface area contributed by atoms with Crippen molar-refractivity contribution in [2.24, 2.45) is 0 Å². The summed E-state index contributed by atoms with van der Waals surface area (Å²) in [5, 5.41) is 3.74. The van der Waals surface area contributed by atoms with Gasteiger partial charge in [-0.25, -0.2) is 0 Å². The van der Waals surface area contributed by atoms with Crippen LogP contribution in [0.2, 0.25) is 0 Å². The van der Waals surface area contributed by atoms with Crippen LogP contribution >= 0.6 is 0 Å². The summed E-state index contributed by atoms with van der Waals surface area (Å²) in [6, 6.07) is 30.9. The van der Waals surface area contributed by atoms with Crippen molar-refractivity contribution in [3.8, 4) is 33.5 Å². The quantitative estimate of drug-likeness (QED) is 0.229. The molecule has 2 heterocycles. The van der Waals surface area contributed by atoms with Gasteiger partial charge in [-0.15, -0.1) is 0 Å². The van der Waals surface area contributed by atoms with Gasteiger partial charge in [0.05, 0.1) is 11.2 Å². The number of pyridine rings is 2. The molecule has 0 radical (unpaired) electrons. The zero-order valence-electron chi connectivity index (χ0n) is 22.7. The third kappa shape index (κ3) is 4.16. The monoisotopic (exact) mass is 492 g/mol. The molecule has 2 nitrogen and oxygen atoms in total. The molecule has 0 unspecified atom stereocenters. The molecule has 38 heavy (non-hydrogen) atoms.